The third-order valence-electron chi connectivity index (χ3n) is 7.61. The molecule has 1 aromatic carbocycles. The lowest BCUT2D eigenvalue weighted by atomic mass is 9.47. The van der Waals surface area contributed by atoms with Crippen molar-refractivity contribution < 1.29 is 14.3 Å². The van der Waals surface area contributed by atoms with Gasteiger partial charge in [-0.2, -0.15) is 10.3 Å². The molecule has 4 saturated carbocycles. The molecule has 2 unspecified atom stereocenters. The predicted molar refractivity (Wildman–Crippen MR) is 117 cm³/mol. The molecule has 0 saturated heterocycles. The number of para-hydroxylation sites is 1. The number of nitrogens with one attached hydrogen (secondary N) is 1. The third kappa shape index (κ3) is 4.01. The van der Waals surface area contributed by atoms with Gasteiger partial charge in [-0.3, -0.25) is 4.79 Å². The number of amides is 1. The highest BCUT2D eigenvalue weighted by molar-refractivity contribution is 5.91. The number of primary amides is 1. The van der Waals surface area contributed by atoms with Crippen LogP contribution in [0.5, 0.6) is 5.75 Å². The average Bonchev–Trinajstić information content (AvgIpc) is 2.73. The van der Waals surface area contributed by atoms with Crippen molar-refractivity contribution in [2.24, 2.45) is 33.9 Å². The second kappa shape index (κ2) is 8.16. The second-order valence-electron chi connectivity index (χ2n) is 9.96. The van der Waals surface area contributed by atoms with E-state index in [-0.39, 0.29) is 17.4 Å². The molecule has 4 aliphatic rings. The highest BCUT2D eigenvalue weighted by atomic mass is 16.5. The van der Waals surface area contributed by atoms with Crippen LogP contribution in [0.25, 0.3) is 0 Å². The van der Waals surface area contributed by atoms with Crippen molar-refractivity contribution in [1.82, 2.24) is 5.32 Å². The van der Waals surface area contributed by atoms with Gasteiger partial charge in [-0.1, -0.05) is 18.2 Å². The zero-order valence-electron chi connectivity index (χ0n) is 18.6. The zero-order valence-corrected chi connectivity index (χ0v) is 18.6. The van der Waals surface area contributed by atoms with Crippen LogP contribution in [0.3, 0.4) is 0 Å². The lowest BCUT2D eigenvalue weighted by molar-refractivity contribution is -0.145. The summed E-state index contributed by atoms with van der Waals surface area (Å²) < 4.78 is 11.6. The van der Waals surface area contributed by atoms with E-state index in [1.165, 1.54) is 0 Å². The molecular formula is C24H32N4O3. The Hall–Kier alpha value is -2.59. The van der Waals surface area contributed by atoms with Crippen LogP contribution >= 0.6 is 0 Å². The van der Waals surface area contributed by atoms with Gasteiger partial charge in [-0.25, -0.2) is 0 Å². The van der Waals surface area contributed by atoms with Gasteiger partial charge in [0.15, 0.2) is 0 Å². The van der Waals surface area contributed by atoms with Crippen molar-refractivity contribution in [2.75, 3.05) is 7.11 Å². The maximum absolute atomic E-state index is 12.2. The Labute approximate surface area is 184 Å². The number of aliphatic imine (C=N–C) groups is 1. The van der Waals surface area contributed by atoms with Crippen molar-refractivity contribution >= 4 is 11.7 Å². The number of carbonyl (C=O) groups excluding carboxylic acids is 1. The van der Waals surface area contributed by atoms with E-state index in [0.717, 1.165) is 43.4 Å². The number of benzene rings is 1. The van der Waals surface area contributed by atoms with Crippen LogP contribution in [0.15, 0.2) is 29.3 Å². The summed E-state index contributed by atoms with van der Waals surface area (Å²) in [7, 11) is 1.64. The van der Waals surface area contributed by atoms with Crippen LogP contribution < -0.4 is 15.8 Å². The van der Waals surface area contributed by atoms with Gasteiger partial charge in [-0.05, 0) is 69.8 Å². The van der Waals surface area contributed by atoms with Gasteiger partial charge in [0, 0.05) is 17.0 Å². The van der Waals surface area contributed by atoms with Gasteiger partial charge < -0.3 is 20.5 Å². The number of ether oxygens (including phenoxy) is 2. The fourth-order valence-electron chi connectivity index (χ4n) is 6.26. The van der Waals surface area contributed by atoms with E-state index < -0.39 is 5.60 Å². The number of hydrogen-bond donors (Lipinski definition) is 2. The van der Waals surface area contributed by atoms with Crippen LogP contribution in [0.1, 0.15) is 51.5 Å². The van der Waals surface area contributed by atoms with Gasteiger partial charge in [0.2, 0.25) is 12.1 Å². The minimum atomic E-state index is -0.785. The molecule has 1 amide bonds. The van der Waals surface area contributed by atoms with Gasteiger partial charge in [0.1, 0.15) is 17.2 Å². The Kier molecular flexibility index (Phi) is 5.69. The van der Waals surface area contributed by atoms with E-state index in [1.807, 2.05) is 44.3 Å². The number of rotatable bonds is 7. The van der Waals surface area contributed by atoms with E-state index in [4.69, 9.17) is 15.2 Å². The molecule has 31 heavy (non-hydrogen) atoms. The standard InChI is InChI=1S/C24H32N4O3/c1-23(2,31-13-16-6-4-5-7-19(16)30-3)22(27-14-25)28-20-17-8-15-9-18(20)12-24(10-15,11-17)21(26)29/h4-7,15,17-18,20H,8-13H2,1-3H3,(H2,26,29)(H,27,28). The smallest absolute Gasteiger partial charge is 0.223 e. The van der Waals surface area contributed by atoms with Crippen LogP contribution in [-0.2, 0) is 16.1 Å². The minimum absolute atomic E-state index is 0.142. The summed E-state index contributed by atoms with van der Waals surface area (Å²) in [6, 6.07) is 7.91. The first-order valence-corrected chi connectivity index (χ1v) is 11.1. The summed E-state index contributed by atoms with van der Waals surface area (Å²) in [5.74, 6) is 2.48. The molecule has 0 radical (unpaired) electrons. The van der Waals surface area contributed by atoms with Crippen molar-refractivity contribution in [3.63, 3.8) is 0 Å². The third-order valence-corrected chi connectivity index (χ3v) is 7.61. The molecule has 0 aromatic heterocycles. The van der Waals surface area contributed by atoms with Crippen molar-refractivity contribution in [1.29, 1.82) is 5.26 Å². The molecule has 4 bridgehead atoms. The molecule has 5 rings (SSSR count). The SMILES string of the molecule is COc1ccccc1COC(C)(C)/C(=N\C#N)NC1C2CC3CC1CC(C(N)=O)(C3)C2. The molecule has 0 spiro atoms. The summed E-state index contributed by atoms with van der Waals surface area (Å²) in [4.78, 5) is 16.3. The van der Waals surface area contributed by atoms with Crippen LogP contribution in [-0.4, -0.2) is 30.5 Å². The first-order chi connectivity index (χ1) is 14.8. The number of hydrogen-bond acceptors (Lipinski definition) is 5. The highest BCUT2D eigenvalue weighted by Gasteiger charge is 2.58. The van der Waals surface area contributed by atoms with Crippen LogP contribution in [0.2, 0.25) is 0 Å². The first kappa shape index (κ1) is 21.6. The molecule has 1 aromatic rings. The van der Waals surface area contributed by atoms with Gasteiger partial charge in [0.05, 0.1) is 13.7 Å². The average molecular weight is 425 g/mol. The van der Waals surface area contributed by atoms with Gasteiger partial charge in [-0.15, -0.1) is 0 Å². The molecule has 4 aliphatic carbocycles. The Morgan fingerprint density at radius 2 is 1.97 bits per heavy atom. The summed E-state index contributed by atoms with van der Waals surface area (Å²) in [5, 5.41) is 12.9. The molecular weight excluding hydrogens is 392 g/mol. The van der Waals surface area contributed by atoms with Crippen LogP contribution in [0, 0.1) is 34.6 Å². The Morgan fingerprint density at radius 3 is 2.58 bits per heavy atom. The molecule has 3 N–H and O–H groups in total. The van der Waals surface area contributed by atoms with Crippen molar-refractivity contribution in [3.05, 3.63) is 29.8 Å². The summed E-state index contributed by atoms with van der Waals surface area (Å²) in [6.07, 6.45) is 6.74. The predicted octanol–water partition coefficient (Wildman–Crippen LogP) is 3.14. The van der Waals surface area contributed by atoms with E-state index in [0.29, 0.717) is 30.2 Å². The Morgan fingerprint density at radius 1 is 1.29 bits per heavy atom. The van der Waals surface area contributed by atoms with E-state index >= 15 is 0 Å². The monoisotopic (exact) mass is 424 g/mol. The van der Waals surface area contributed by atoms with E-state index in [9.17, 15) is 10.1 Å². The fourth-order valence-corrected chi connectivity index (χ4v) is 6.26. The normalized spacial score (nSPS) is 31.9. The van der Waals surface area contributed by atoms with Crippen LogP contribution in [0.4, 0.5) is 0 Å². The molecule has 7 heteroatoms. The number of nitriles is 1. The topological polar surface area (TPSA) is 110 Å². The maximum atomic E-state index is 12.2. The summed E-state index contributed by atoms with van der Waals surface area (Å²) >= 11 is 0. The molecule has 2 atom stereocenters. The number of carbonyl (C=O) groups is 1. The lowest BCUT2D eigenvalue weighted by Gasteiger charge is -2.59. The van der Waals surface area contributed by atoms with Crippen molar-refractivity contribution in [3.8, 4) is 11.9 Å². The highest BCUT2D eigenvalue weighted by Crippen LogP contribution is 2.60. The number of amidine groups is 1. The minimum Gasteiger partial charge on any atom is -0.496 e. The quantitative estimate of drug-likeness (QED) is 0.397. The number of methoxy groups -OCH3 is 1. The molecule has 4 fully saturated rings. The summed E-state index contributed by atoms with van der Waals surface area (Å²) in [6.45, 7) is 4.19. The molecule has 0 aliphatic heterocycles. The van der Waals surface area contributed by atoms with E-state index in [1.54, 1.807) is 7.11 Å². The lowest BCUT2D eigenvalue weighted by Crippen LogP contribution is -2.63. The Bertz CT molecular complexity index is 904. The fraction of sp³-hybridized carbons (Fsp3) is 0.625. The maximum Gasteiger partial charge on any atom is 0.223 e. The molecule has 7 nitrogen and oxygen atoms in total. The largest absolute Gasteiger partial charge is 0.496 e. The summed E-state index contributed by atoms with van der Waals surface area (Å²) in [5.41, 5.74) is 5.63. The van der Waals surface area contributed by atoms with E-state index in [2.05, 4.69) is 10.3 Å². The Balaban J connectivity index is 1.49. The van der Waals surface area contributed by atoms with Gasteiger partial charge in [0.25, 0.3) is 0 Å². The second-order valence-corrected chi connectivity index (χ2v) is 9.96. The number of nitrogens with zero attached hydrogens (tertiary/aromatic N) is 2. The van der Waals surface area contributed by atoms with Gasteiger partial charge >= 0.3 is 0 Å². The number of nitrogens with two attached hydrogens (primary N) is 1. The first-order valence-electron chi connectivity index (χ1n) is 11.1. The molecule has 166 valence electrons. The van der Waals surface area contributed by atoms with Crippen molar-refractivity contribution in [2.45, 2.75) is 64.2 Å². The zero-order chi connectivity index (χ0) is 22.2. The molecule has 0 heterocycles.